The second kappa shape index (κ2) is 5.46. The minimum atomic E-state index is -0.602. The second-order valence-corrected chi connectivity index (χ2v) is 5.01. The number of hydrogen-bond acceptors (Lipinski definition) is 5. The molecule has 0 fully saturated rings. The first-order chi connectivity index (χ1) is 9.72. The van der Waals surface area contributed by atoms with E-state index in [1.807, 2.05) is 24.3 Å². The molecule has 2 N–H and O–H groups in total. The zero-order valence-electron chi connectivity index (χ0n) is 10.3. The molecule has 102 valence electrons. The van der Waals surface area contributed by atoms with E-state index >= 15 is 0 Å². The van der Waals surface area contributed by atoms with E-state index in [1.54, 1.807) is 0 Å². The highest BCUT2D eigenvalue weighted by atomic mass is 79.9. The van der Waals surface area contributed by atoms with Gasteiger partial charge in [-0.3, -0.25) is 4.79 Å². The van der Waals surface area contributed by atoms with E-state index in [9.17, 15) is 4.79 Å². The van der Waals surface area contributed by atoms with Crippen molar-refractivity contribution in [2.45, 2.75) is 6.10 Å². The lowest BCUT2D eigenvalue weighted by molar-refractivity contribution is -0.122. The van der Waals surface area contributed by atoms with Crippen LogP contribution in [0.2, 0.25) is 0 Å². The van der Waals surface area contributed by atoms with Gasteiger partial charge < -0.3 is 15.4 Å². The molecule has 1 unspecified atom stereocenters. The summed E-state index contributed by atoms with van der Waals surface area (Å²) in [7, 11) is 0. The van der Waals surface area contributed by atoms with Gasteiger partial charge >= 0.3 is 0 Å². The number of hydrogen-bond donors (Lipinski definition) is 2. The van der Waals surface area contributed by atoms with E-state index in [0.717, 1.165) is 5.69 Å². The van der Waals surface area contributed by atoms with E-state index in [0.29, 0.717) is 22.7 Å². The molecule has 7 heteroatoms. The normalized spacial score (nSPS) is 16.6. The first kappa shape index (κ1) is 12.9. The van der Waals surface area contributed by atoms with Crippen LogP contribution in [-0.2, 0) is 4.79 Å². The number of nitrogens with zero attached hydrogens (tertiary/aromatic N) is 2. The van der Waals surface area contributed by atoms with Crippen molar-refractivity contribution in [2.24, 2.45) is 0 Å². The van der Waals surface area contributed by atoms with Crippen LogP contribution >= 0.6 is 15.9 Å². The molecule has 0 bridgehead atoms. The Labute approximate surface area is 123 Å². The first-order valence-corrected chi connectivity index (χ1v) is 6.79. The van der Waals surface area contributed by atoms with Gasteiger partial charge in [0.25, 0.3) is 5.91 Å². The number of carbonyl (C=O) groups excluding carboxylic acids is 1. The molecule has 3 rings (SSSR count). The van der Waals surface area contributed by atoms with Crippen LogP contribution < -0.4 is 15.4 Å². The number of fused-ring (bicyclic) bond motifs is 1. The summed E-state index contributed by atoms with van der Waals surface area (Å²) in [4.78, 5) is 20.1. The number of benzene rings is 1. The minimum Gasteiger partial charge on any atom is -0.477 e. The van der Waals surface area contributed by atoms with Gasteiger partial charge in [-0.1, -0.05) is 12.1 Å². The van der Waals surface area contributed by atoms with Crippen molar-refractivity contribution in [1.82, 2.24) is 9.97 Å². The quantitative estimate of drug-likeness (QED) is 0.879. The summed E-state index contributed by atoms with van der Waals surface area (Å²) in [6.45, 7) is 0.410. The van der Waals surface area contributed by atoms with Crippen molar-refractivity contribution in [3.05, 3.63) is 41.3 Å². The predicted molar refractivity (Wildman–Crippen MR) is 77.7 cm³/mol. The Morgan fingerprint density at radius 1 is 1.35 bits per heavy atom. The van der Waals surface area contributed by atoms with Gasteiger partial charge in [-0.2, -0.15) is 0 Å². The highest BCUT2D eigenvalue weighted by Crippen LogP contribution is 2.28. The molecule has 2 heterocycles. The third-order valence-electron chi connectivity index (χ3n) is 2.80. The lowest BCUT2D eigenvalue weighted by Gasteiger charge is -2.26. The molecule has 0 radical (unpaired) electrons. The lowest BCUT2D eigenvalue weighted by atomic mass is 10.2. The smallest absolute Gasteiger partial charge is 0.268 e. The van der Waals surface area contributed by atoms with Gasteiger partial charge in [0.05, 0.1) is 24.6 Å². The Hall–Kier alpha value is -2.15. The largest absolute Gasteiger partial charge is 0.477 e. The Kier molecular flexibility index (Phi) is 3.51. The monoisotopic (exact) mass is 334 g/mol. The molecule has 0 saturated carbocycles. The molecule has 1 aliphatic rings. The standard InChI is InChI=1S/C13H11BrN4O2/c14-11-6-17-12(7-16-11)18-13(19)10-5-15-8-3-1-2-4-9(8)20-10/h1-4,6-7,10,15H,5H2,(H,17,18,19). The number of amides is 1. The number of ether oxygens (including phenoxy) is 1. The van der Waals surface area contributed by atoms with E-state index in [1.165, 1.54) is 12.4 Å². The van der Waals surface area contributed by atoms with E-state index in [4.69, 9.17) is 4.74 Å². The summed E-state index contributed by atoms with van der Waals surface area (Å²) in [5.74, 6) is 0.796. The summed E-state index contributed by atoms with van der Waals surface area (Å²) in [5, 5.41) is 5.83. The van der Waals surface area contributed by atoms with Crippen molar-refractivity contribution in [2.75, 3.05) is 17.2 Å². The zero-order valence-corrected chi connectivity index (χ0v) is 11.9. The summed E-state index contributed by atoms with van der Waals surface area (Å²) >= 11 is 3.19. The van der Waals surface area contributed by atoms with Crippen LogP contribution in [0, 0.1) is 0 Å². The number of halogens is 1. The molecule has 6 nitrogen and oxygen atoms in total. The van der Waals surface area contributed by atoms with Crippen molar-refractivity contribution in [1.29, 1.82) is 0 Å². The van der Waals surface area contributed by atoms with Gasteiger partial charge in [0, 0.05) is 0 Å². The molecule has 0 aliphatic carbocycles. The Bertz CT molecular complexity index is 633. The van der Waals surface area contributed by atoms with E-state index in [2.05, 4.69) is 36.5 Å². The van der Waals surface area contributed by atoms with Gasteiger partial charge in [0.1, 0.15) is 10.4 Å². The molecule has 1 aliphatic heterocycles. The SMILES string of the molecule is O=C(Nc1cnc(Br)cn1)C1CNc2ccccc2O1. The molecular formula is C13H11BrN4O2. The molecule has 1 aromatic carbocycles. The van der Waals surface area contributed by atoms with Crippen molar-refractivity contribution in [3.63, 3.8) is 0 Å². The van der Waals surface area contributed by atoms with E-state index < -0.39 is 6.10 Å². The summed E-state index contributed by atoms with van der Waals surface area (Å²) < 4.78 is 6.27. The molecule has 0 saturated heterocycles. The third kappa shape index (κ3) is 2.72. The average Bonchev–Trinajstić information content (AvgIpc) is 2.49. The Morgan fingerprint density at radius 3 is 3.00 bits per heavy atom. The van der Waals surface area contributed by atoms with Gasteiger partial charge in [-0.15, -0.1) is 0 Å². The van der Waals surface area contributed by atoms with Crippen LogP contribution in [0.15, 0.2) is 41.3 Å². The van der Waals surface area contributed by atoms with Gasteiger partial charge in [-0.05, 0) is 28.1 Å². The van der Waals surface area contributed by atoms with E-state index in [-0.39, 0.29) is 5.91 Å². The lowest BCUT2D eigenvalue weighted by Crippen LogP contribution is -2.41. The molecule has 1 amide bonds. The molecule has 0 spiro atoms. The zero-order chi connectivity index (χ0) is 13.9. The molecular weight excluding hydrogens is 324 g/mol. The molecule has 1 aromatic heterocycles. The van der Waals surface area contributed by atoms with Crippen molar-refractivity contribution < 1.29 is 9.53 Å². The number of aromatic nitrogens is 2. The van der Waals surface area contributed by atoms with Crippen LogP contribution in [0.5, 0.6) is 5.75 Å². The fourth-order valence-corrected chi connectivity index (χ4v) is 2.05. The number of rotatable bonds is 2. The van der Waals surface area contributed by atoms with Crippen molar-refractivity contribution >= 4 is 33.3 Å². The van der Waals surface area contributed by atoms with Crippen molar-refractivity contribution in [3.8, 4) is 5.75 Å². The first-order valence-electron chi connectivity index (χ1n) is 6.00. The fraction of sp³-hybridized carbons (Fsp3) is 0.154. The summed E-state index contributed by atoms with van der Waals surface area (Å²) in [5.41, 5.74) is 0.889. The Balaban J connectivity index is 1.68. The van der Waals surface area contributed by atoms with Crippen LogP contribution in [0.3, 0.4) is 0 Å². The molecule has 1 atom stereocenters. The van der Waals surface area contributed by atoms with Crippen LogP contribution in [0.4, 0.5) is 11.5 Å². The predicted octanol–water partition coefficient (Wildman–Crippen LogP) is 2.05. The summed E-state index contributed by atoms with van der Waals surface area (Å²) in [6, 6.07) is 7.50. The average molecular weight is 335 g/mol. The maximum Gasteiger partial charge on any atom is 0.268 e. The highest BCUT2D eigenvalue weighted by Gasteiger charge is 2.25. The van der Waals surface area contributed by atoms with Crippen LogP contribution in [0.25, 0.3) is 0 Å². The summed E-state index contributed by atoms with van der Waals surface area (Å²) in [6.07, 6.45) is 2.40. The Morgan fingerprint density at radius 2 is 2.20 bits per heavy atom. The number of anilines is 2. The third-order valence-corrected chi connectivity index (χ3v) is 3.21. The fourth-order valence-electron chi connectivity index (χ4n) is 1.84. The van der Waals surface area contributed by atoms with Crippen LogP contribution in [0.1, 0.15) is 0 Å². The second-order valence-electron chi connectivity index (χ2n) is 4.20. The number of nitrogens with one attached hydrogen (secondary N) is 2. The minimum absolute atomic E-state index is 0.261. The van der Waals surface area contributed by atoms with Gasteiger partial charge in [0.15, 0.2) is 11.9 Å². The topological polar surface area (TPSA) is 76.1 Å². The maximum atomic E-state index is 12.1. The highest BCUT2D eigenvalue weighted by molar-refractivity contribution is 9.10. The van der Waals surface area contributed by atoms with Gasteiger partial charge in [0.2, 0.25) is 0 Å². The number of para-hydroxylation sites is 2. The molecule has 20 heavy (non-hydrogen) atoms. The number of carbonyl (C=O) groups is 1. The maximum absolute atomic E-state index is 12.1. The van der Waals surface area contributed by atoms with Gasteiger partial charge in [-0.25, -0.2) is 9.97 Å². The molecule has 2 aromatic rings. The van der Waals surface area contributed by atoms with Crippen LogP contribution in [-0.4, -0.2) is 28.5 Å².